The van der Waals surface area contributed by atoms with Gasteiger partial charge in [0.25, 0.3) is 0 Å². The predicted molar refractivity (Wildman–Crippen MR) is 96.3 cm³/mol. The SMILES string of the molecule is CCOP(=O)(CCCCC#CC#CC#C[Si](C)(C)C)OCC. The van der Waals surface area contributed by atoms with Gasteiger partial charge in [-0.1, -0.05) is 25.6 Å². The highest BCUT2D eigenvalue weighted by molar-refractivity contribution is 7.53. The molecule has 22 heavy (non-hydrogen) atoms. The van der Waals surface area contributed by atoms with Crippen LogP contribution < -0.4 is 0 Å². The van der Waals surface area contributed by atoms with Crippen molar-refractivity contribution in [3.05, 3.63) is 0 Å². The Morgan fingerprint density at radius 3 is 2.05 bits per heavy atom. The number of hydrogen-bond acceptors (Lipinski definition) is 3. The fourth-order valence-corrected chi connectivity index (χ4v) is 3.63. The lowest BCUT2D eigenvalue weighted by Crippen LogP contribution is -2.16. The Bertz CT molecular complexity index is 534. The largest absolute Gasteiger partial charge is 0.330 e. The minimum absolute atomic E-state index is 0.408. The summed E-state index contributed by atoms with van der Waals surface area (Å²) in [5.74, 6) is 14.1. The fourth-order valence-electron chi connectivity index (χ4n) is 1.47. The highest BCUT2D eigenvalue weighted by atomic mass is 31.2. The van der Waals surface area contributed by atoms with Crippen LogP contribution in [0.3, 0.4) is 0 Å². The molecule has 0 aromatic carbocycles. The molecule has 0 amide bonds. The molecule has 0 aromatic heterocycles. The van der Waals surface area contributed by atoms with Crippen molar-refractivity contribution < 1.29 is 13.6 Å². The summed E-state index contributed by atoms with van der Waals surface area (Å²) in [6, 6.07) is 0. The zero-order valence-electron chi connectivity index (χ0n) is 14.4. The van der Waals surface area contributed by atoms with Gasteiger partial charge in [-0.15, -0.1) is 5.54 Å². The van der Waals surface area contributed by atoms with Crippen LogP contribution in [0.25, 0.3) is 0 Å². The molecule has 0 rings (SSSR count). The molecule has 0 fully saturated rings. The van der Waals surface area contributed by atoms with Crippen molar-refractivity contribution in [2.45, 2.75) is 52.8 Å². The molecule has 0 saturated carbocycles. The molecule has 0 spiro atoms. The number of rotatable bonds is 8. The normalized spacial score (nSPS) is 10.6. The third-order valence-electron chi connectivity index (χ3n) is 2.35. The van der Waals surface area contributed by atoms with Crippen molar-refractivity contribution in [3.8, 4) is 35.1 Å². The van der Waals surface area contributed by atoms with Crippen molar-refractivity contribution in [1.29, 1.82) is 0 Å². The third-order valence-corrected chi connectivity index (χ3v) is 5.39. The van der Waals surface area contributed by atoms with Crippen molar-refractivity contribution >= 4 is 15.7 Å². The molecule has 5 heteroatoms. The molecule has 0 unspecified atom stereocenters. The zero-order chi connectivity index (χ0) is 16.9. The van der Waals surface area contributed by atoms with Gasteiger partial charge in [0, 0.05) is 6.42 Å². The van der Waals surface area contributed by atoms with Gasteiger partial charge in [-0.25, -0.2) is 0 Å². The summed E-state index contributed by atoms with van der Waals surface area (Å²) in [7, 11) is -4.23. The van der Waals surface area contributed by atoms with Gasteiger partial charge in [-0.2, -0.15) is 0 Å². The second-order valence-corrected chi connectivity index (χ2v) is 12.6. The summed E-state index contributed by atoms with van der Waals surface area (Å²) in [4.78, 5) is 0. The smallest absolute Gasteiger partial charge is 0.309 e. The van der Waals surface area contributed by atoms with Gasteiger partial charge in [0.05, 0.1) is 19.4 Å². The van der Waals surface area contributed by atoms with Crippen LogP contribution in [-0.2, 0) is 13.6 Å². The third kappa shape index (κ3) is 12.8. The fraction of sp³-hybridized carbons (Fsp3) is 0.647. The van der Waals surface area contributed by atoms with E-state index in [0.29, 0.717) is 19.4 Å². The summed E-state index contributed by atoms with van der Waals surface area (Å²) in [5, 5.41) is 0. The van der Waals surface area contributed by atoms with Crippen LogP contribution in [-0.4, -0.2) is 27.4 Å². The van der Waals surface area contributed by atoms with Crippen LogP contribution in [0.1, 0.15) is 33.1 Å². The minimum atomic E-state index is -2.90. The Morgan fingerprint density at radius 1 is 0.909 bits per heavy atom. The number of unbranched alkanes of at least 4 members (excludes halogenated alkanes) is 2. The molecular weight excluding hydrogens is 311 g/mol. The van der Waals surface area contributed by atoms with Gasteiger partial charge >= 0.3 is 7.60 Å². The maximum Gasteiger partial charge on any atom is 0.330 e. The summed E-state index contributed by atoms with van der Waals surface area (Å²) >= 11 is 0. The lowest BCUT2D eigenvalue weighted by atomic mass is 10.2. The summed E-state index contributed by atoms with van der Waals surface area (Å²) < 4.78 is 22.7. The lowest BCUT2D eigenvalue weighted by Gasteiger charge is -2.16. The zero-order valence-corrected chi connectivity index (χ0v) is 16.3. The van der Waals surface area contributed by atoms with Gasteiger partial charge in [0.1, 0.15) is 8.07 Å². The van der Waals surface area contributed by atoms with Crippen LogP contribution in [0.5, 0.6) is 0 Å². The summed E-state index contributed by atoms with van der Waals surface area (Å²) in [6.45, 7) is 11.0. The van der Waals surface area contributed by atoms with E-state index in [1.54, 1.807) is 0 Å². The first-order valence-corrected chi connectivity index (χ1v) is 12.9. The van der Waals surface area contributed by atoms with E-state index in [9.17, 15) is 4.57 Å². The van der Waals surface area contributed by atoms with E-state index in [-0.39, 0.29) is 0 Å². The molecule has 0 aliphatic heterocycles. The molecule has 0 N–H and O–H groups in total. The van der Waals surface area contributed by atoms with Crippen LogP contribution in [0.4, 0.5) is 0 Å². The Hall–Kier alpha value is -0.953. The minimum Gasteiger partial charge on any atom is -0.309 e. The highest BCUT2D eigenvalue weighted by Gasteiger charge is 2.22. The average molecular weight is 338 g/mol. The van der Waals surface area contributed by atoms with E-state index >= 15 is 0 Å². The van der Waals surface area contributed by atoms with Crippen LogP contribution in [0.15, 0.2) is 0 Å². The molecule has 0 atom stereocenters. The van der Waals surface area contributed by atoms with E-state index in [0.717, 1.165) is 19.3 Å². The first-order chi connectivity index (χ1) is 10.3. The van der Waals surface area contributed by atoms with Crippen LogP contribution >= 0.6 is 7.60 Å². The second-order valence-electron chi connectivity index (χ2n) is 5.68. The molecule has 0 radical (unpaired) electrons. The van der Waals surface area contributed by atoms with E-state index in [1.807, 2.05) is 13.8 Å². The monoisotopic (exact) mass is 338 g/mol. The van der Waals surface area contributed by atoms with E-state index < -0.39 is 15.7 Å². The Kier molecular flexibility index (Phi) is 11.1. The molecule has 0 aliphatic rings. The van der Waals surface area contributed by atoms with Gasteiger partial charge in [0.15, 0.2) is 0 Å². The molecule has 0 aliphatic carbocycles. The summed E-state index contributed by atoms with van der Waals surface area (Å²) in [6.07, 6.45) is 2.81. The second kappa shape index (κ2) is 11.6. The molecule has 0 bridgehead atoms. The quantitative estimate of drug-likeness (QED) is 0.286. The van der Waals surface area contributed by atoms with Gasteiger partial charge in [0.2, 0.25) is 0 Å². The van der Waals surface area contributed by atoms with Crippen molar-refractivity contribution in [3.63, 3.8) is 0 Å². The van der Waals surface area contributed by atoms with Gasteiger partial charge < -0.3 is 9.05 Å². The summed E-state index contributed by atoms with van der Waals surface area (Å²) in [5.41, 5.74) is 3.16. The number of hydrogen-bond donors (Lipinski definition) is 0. The first kappa shape index (κ1) is 21.0. The van der Waals surface area contributed by atoms with Crippen molar-refractivity contribution in [2.75, 3.05) is 19.4 Å². The van der Waals surface area contributed by atoms with Crippen molar-refractivity contribution in [1.82, 2.24) is 0 Å². The lowest BCUT2D eigenvalue weighted by molar-refractivity contribution is 0.219. The molecule has 0 heterocycles. The van der Waals surface area contributed by atoms with Gasteiger partial charge in [-0.3, -0.25) is 4.57 Å². The molecular formula is C17H27O3PSi. The van der Waals surface area contributed by atoms with E-state index in [1.165, 1.54) is 0 Å². The Labute approximate surface area is 137 Å². The first-order valence-electron chi connectivity index (χ1n) is 7.71. The van der Waals surface area contributed by atoms with Crippen molar-refractivity contribution in [2.24, 2.45) is 0 Å². The maximum absolute atomic E-state index is 12.2. The van der Waals surface area contributed by atoms with Gasteiger partial charge in [-0.05, 0) is 50.4 Å². The Balaban J connectivity index is 4.04. The maximum atomic E-state index is 12.2. The molecule has 0 aromatic rings. The highest BCUT2D eigenvalue weighted by Crippen LogP contribution is 2.48. The molecule has 3 nitrogen and oxygen atoms in total. The van der Waals surface area contributed by atoms with E-state index in [4.69, 9.17) is 9.05 Å². The standard InChI is InChI=1S/C17H27O3PSi/c1-6-19-21(18,20-7-2)16-14-12-10-8-9-11-13-15-17-22(3,4)5/h6-7,10,12,14,16H2,1-5H3. The van der Waals surface area contributed by atoms with E-state index in [2.05, 4.69) is 54.8 Å². The topological polar surface area (TPSA) is 35.5 Å². The molecule has 0 saturated heterocycles. The average Bonchev–Trinajstić information content (AvgIpc) is 2.40. The Morgan fingerprint density at radius 2 is 1.50 bits per heavy atom. The van der Waals surface area contributed by atoms with Crippen LogP contribution in [0, 0.1) is 35.1 Å². The van der Waals surface area contributed by atoms with Crippen LogP contribution in [0.2, 0.25) is 19.6 Å². The predicted octanol–water partition coefficient (Wildman–Crippen LogP) is 4.31. The molecule has 122 valence electrons.